The summed E-state index contributed by atoms with van der Waals surface area (Å²) in [5.74, 6) is 6.87. The van der Waals surface area contributed by atoms with Gasteiger partial charge in [0.2, 0.25) is 0 Å². The van der Waals surface area contributed by atoms with E-state index in [-0.39, 0.29) is 0 Å². The summed E-state index contributed by atoms with van der Waals surface area (Å²) in [6, 6.07) is 0. The van der Waals surface area contributed by atoms with Crippen molar-refractivity contribution in [3.05, 3.63) is 0 Å². The van der Waals surface area contributed by atoms with Crippen LogP contribution in [0.15, 0.2) is 0 Å². The van der Waals surface area contributed by atoms with Crippen molar-refractivity contribution in [1.29, 1.82) is 0 Å². The summed E-state index contributed by atoms with van der Waals surface area (Å²) >= 11 is 0. The molecule has 0 bridgehead atoms. The van der Waals surface area contributed by atoms with Gasteiger partial charge in [-0.05, 0) is 35.6 Å². The Morgan fingerprint density at radius 2 is 1.68 bits per heavy atom. The molecule has 0 aliphatic heterocycles. The molecule has 0 aromatic rings. The van der Waals surface area contributed by atoms with Crippen LogP contribution in [0.2, 0.25) is 18.1 Å². The van der Waals surface area contributed by atoms with Crippen LogP contribution < -0.4 is 0 Å². The molecule has 1 heteroatoms. The van der Waals surface area contributed by atoms with Crippen LogP contribution >= 0.6 is 0 Å². The first-order chi connectivity index (χ1) is 8.54. The molecule has 0 aromatic heterocycles. The molecule has 3 atom stereocenters. The lowest BCUT2D eigenvalue weighted by atomic mass is 9.70. The van der Waals surface area contributed by atoms with Crippen LogP contribution in [-0.2, 0) is 0 Å². The molecular weight excluding hydrogens is 244 g/mol. The molecular formula is C18H34Si. The van der Waals surface area contributed by atoms with Crippen LogP contribution in [0.1, 0.15) is 60.8 Å². The molecule has 1 saturated carbocycles. The largest absolute Gasteiger partial charge is 0.137 e. The maximum atomic E-state index is 3.76. The van der Waals surface area contributed by atoms with Gasteiger partial charge in [-0.2, -0.15) is 0 Å². The van der Waals surface area contributed by atoms with Gasteiger partial charge in [-0.3, -0.25) is 0 Å². The van der Waals surface area contributed by atoms with E-state index < -0.39 is 8.07 Å². The summed E-state index contributed by atoms with van der Waals surface area (Å²) < 4.78 is 0. The minimum Gasteiger partial charge on any atom is -0.131 e. The van der Waals surface area contributed by atoms with Crippen molar-refractivity contribution >= 4 is 8.07 Å². The normalized spacial score (nSPS) is 29.0. The van der Waals surface area contributed by atoms with Gasteiger partial charge >= 0.3 is 0 Å². The third-order valence-corrected chi connectivity index (χ3v) is 9.99. The van der Waals surface area contributed by atoms with Gasteiger partial charge in [0.15, 0.2) is 0 Å². The third kappa shape index (κ3) is 4.38. The quantitative estimate of drug-likeness (QED) is 0.423. The molecule has 0 spiro atoms. The molecule has 0 amide bonds. The van der Waals surface area contributed by atoms with Crippen molar-refractivity contribution in [2.45, 2.75) is 78.9 Å². The smallest absolute Gasteiger partial charge is 0.131 e. The first-order valence-corrected chi connectivity index (χ1v) is 11.1. The Labute approximate surface area is 122 Å². The summed E-state index contributed by atoms with van der Waals surface area (Å²) in [4.78, 5) is 0. The van der Waals surface area contributed by atoms with Gasteiger partial charge in [0.05, 0.1) is 0 Å². The Morgan fingerprint density at radius 1 is 1.11 bits per heavy atom. The van der Waals surface area contributed by atoms with Gasteiger partial charge in [-0.25, -0.2) is 0 Å². The summed E-state index contributed by atoms with van der Waals surface area (Å²) in [7, 11) is -1.44. The molecule has 1 rings (SSSR count). The monoisotopic (exact) mass is 278 g/mol. The number of hydrogen-bond donors (Lipinski definition) is 0. The van der Waals surface area contributed by atoms with Crippen LogP contribution in [0.5, 0.6) is 0 Å². The molecule has 1 aliphatic carbocycles. The minimum absolute atomic E-state index is 0.383. The molecule has 19 heavy (non-hydrogen) atoms. The number of hydrogen-bond acceptors (Lipinski definition) is 0. The molecule has 1 aliphatic rings. The average molecular weight is 279 g/mol. The highest BCUT2D eigenvalue weighted by molar-refractivity contribution is 6.87. The molecule has 110 valence electrons. The van der Waals surface area contributed by atoms with Crippen LogP contribution in [0.25, 0.3) is 0 Å². The van der Waals surface area contributed by atoms with Crippen LogP contribution in [0.4, 0.5) is 0 Å². The molecule has 0 heterocycles. The summed E-state index contributed by atoms with van der Waals surface area (Å²) in [5.41, 5.74) is 3.76. The lowest BCUT2D eigenvalue weighted by Gasteiger charge is -2.36. The Hall–Kier alpha value is -0.223. The third-order valence-electron chi connectivity index (χ3n) is 5.47. The van der Waals surface area contributed by atoms with Gasteiger partial charge < -0.3 is 0 Å². The first-order valence-electron chi connectivity index (χ1n) is 8.07. The highest BCUT2D eigenvalue weighted by atomic mass is 28.3. The van der Waals surface area contributed by atoms with E-state index in [1.54, 1.807) is 0 Å². The summed E-state index contributed by atoms with van der Waals surface area (Å²) in [6.07, 6.45) is 4.11. The van der Waals surface area contributed by atoms with Crippen molar-refractivity contribution in [2.24, 2.45) is 23.7 Å². The lowest BCUT2D eigenvalue weighted by Crippen LogP contribution is -2.36. The fourth-order valence-corrected chi connectivity index (χ4v) is 3.75. The molecule has 0 unspecified atom stereocenters. The van der Waals surface area contributed by atoms with E-state index >= 15 is 0 Å². The second kappa shape index (κ2) is 6.04. The van der Waals surface area contributed by atoms with Gasteiger partial charge in [0.25, 0.3) is 0 Å². The molecule has 0 radical (unpaired) electrons. The Bertz CT molecular complexity index is 348. The van der Waals surface area contributed by atoms with Gasteiger partial charge in [0, 0.05) is 5.92 Å². The van der Waals surface area contributed by atoms with Crippen molar-refractivity contribution < 1.29 is 0 Å². The SMILES string of the molecule is CC(C)[C@H]1CC[C@H](C)C[C@@H]1C#C[Si](C)(C)C(C)(C)C. The zero-order valence-corrected chi connectivity index (χ0v) is 15.4. The fraction of sp³-hybridized carbons (Fsp3) is 0.889. The zero-order chi connectivity index (χ0) is 14.8. The molecule has 1 fully saturated rings. The second-order valence-corrected chi connectivity index (χ2v) is 13.6. The van der Waals surface area contributed by atoms with E-state index in [2.05, 4.69) is 66.1 Å². The van der Waals surface area contributed by atoms with Crippen LogP contribution in [0, 0.1) is 35.1 Å². The predicted molar refractivity (Wildman–Crippen MR) is 89.8 cm³/mol. The van der Waals surface area contributed by atoms with Gasteiger partial charge in [-0.15, -0.1) is 11.5 Å². The first kappa shape index (κ1) is 16.8. The van der Waals surface area contributed by atoms with Gasteiger partial charge in [0.1, 0.15) is 8.07 Å². The van der Waals surface area contributed by atoms with Crippen LogP contribution in [-0.4, -0.2) is 8.07 Å². The zero-order valence-electron chi connectivity index (χ0n) is 14.4. The van der Waals surface area contributed by atoms with E-state index in [0.29, 0.717) is 11.0 Å². The van der Waals surface area contributed by atoms with Crippen molar-refractivity contribution in [2.75, 3.05) is 0 Å². The average Bonchev–Trinajstić information content (AvgIpc) is 2.24. The Kier molecular flexibility index (Phi) is 5.35. The fourth-order valence-electron chi connectivity index (χ4n) is 2.83. The minimum atomic E-state index is -1.44. The molecule has 0 saturated heterocycles. The maximum absolute atomic E-state index is 3.76. The van der Waals surface area contributed by atoms with Crippen molar-refractivity contribution in [3.63, 3.8) is 0 Å². The summed E-state index contributed by atoms with van der Waals surface area (Å²) in [5, 5.41) is 0.383. The van der Waals surface area contributed by atoms with E-state index in [0.717, 1.165) is 17.8 Å². The number of rotatable bonds is 1. The predicted octanol–water partition coefficient (Wildman–Crippen LogP) is 5.75. The molecule has 0 aromatic carbocycles. The maximum Gasteiger partial charge on any atom is 0.137 e. The van der Waals surface area contributed by atoms with E-state index in [9.17, 15) is 0 Å². The Morgan fingerprint density at radius 3 is 2.16 bits per heavy atom. The second-order valence-electron chi connectivity index (χ2n) is 8.58. The van der Waals surface area contributed by atoms with Crippen molar-refractivity contribution in [3.8, 4) is 11.5 Å². The molecule has 0 N–H and O–H groups in total. The van der Waals surface area contributed by atoms with Crippen molar-refractivity contribution in [1.82, 2.24) is 0 Å². The summed E-state index contributed by atoms with van der Waals surface area (Å²) in [6.45, 7) is 19.1. The molecule has 0 nitrogen and oxygen atoms in total. The van der Waals surface area contributed by atoms with E-state index in [4.69, 9.17) is 0 Å². The Balaban J connectivity index is 2.89. The van der Waals surface area contributed by atoms with Gasteiger partial charge in [-0.1, -0.05) is 61.1 Å². The van der Waals surface area contributed by atoms with E-state index in [1.807, 2.05) is 0 Å². The standard InChI is InChI=1S/C18H34Si/c1-14(2)17-10-9-15(3)13-16(17)11-12-19(7,8)18(4,5)6/h14-17H,9-10,13H2,1-8H3/t15-,16-,17+/m0/s1. The van der Waals surface area contributed by atoms with E-state index in [1.165, 1.54) is 19.3 Å². The highest BCUT2D eigenvalue weighted by Gasteiger charge is 2.35. The lowest BCUT2D eigenvalue weighted by molar-refractivity contribution is 0.185. The highest BCUT2D eigenvalue weighted by Crippen LogP contribution is 2.39. The van der Waals surface area contributed by atoms with Crippen LogP contribution in [0.3, 0.4) is 0 Å². The topological polar surface area (TPSA) is 0 Å².